The zero-order valence-corrected chi connectivity index (χ0v) is 15.8. The molecule has 132 valence electrons. The molecule has 7 heteroatoms. The number of nitrogens with zero attached hydrogens (tertiary/aromatic N) is 5. The third-order valence-electron chi connectivity index (χ3n) is 5.13. The van der Waals surface area contributed by atoms with E-state index in [1.807, 2.05) is 35.4 Å². The first kappa shape index (κ1) is 16.1. The zero-order valence-electron chi connectivity index (χ0n) is 14.2. The Bertz CT molecular complexity index is 931. The average molecular weight is 412 g/mol. The highest BCUT2D eigenvalue weighted by Crippen LogP contribution is 2.35. The number of aromatic nitrogens is 5. The molecule has 1 saturated heterocycles. The van der Waals surface area contributed by atoms with Gasteiger partial charge in [-0.1, -0.05) is 5.21 Å². The van der Waals surface area contributed by atoms with Crippen LogP contribution in [-0.4, -0.2) is 38.2 Å². The molecular formula is C19H18BrN5O. The van der Waals surface area contributed by atoms with Gasteiger partial charge in [0, 0.05) is 28.6 Å². The van der Waals surface area contributed by atoms with Crippen LogP contribution in [0, 0.1) is 5.92 Å². The van der Waals surface area contributed by atoms with Crippen LogP contribution in [0.15, 0.2) is 47.5 Å². The predicted molar refractivity (Wildman–Crippen MR) is 99.5 cm³/mol. The molecule has 5 rings (SSSR count). The molecule has 3 aromatic heterocycles. The first-order chi connectivity index (χ1) is 12.7. The third-order valence-corrected chi connectivity index (χ3v) is 5.60. The average Bonchev–Trinajstić information content (AvgIpc) is 3.29. The highest BCUT2D eigenvalue weighted by Gasteiger charge is 2.45. The first-order valence-electron chi connectivity index (χ1n) is 8.80. The molecule has 0 aromatic carbocycles. The monoisotopic (exact) mass is 411 g/mol. The van der Waals surface area contributed by atoms with Crippen molar-refractivity contribution in [2.45, 2.75) is 24.8 Å². The maximum absolute atomic E-state index is 5.51. The molecule has 0 N–H and O–H groups in total. The van der Waals surface area contributed by atoms with Crippen molar-refractivity contribution >= 4 is 15.9 Å². The molecule has 3 aromatic rings. The number of rotatable bonds is 5. The van der Waals surface area contributed by atoms with Crippen molar-refractivity contribution in [2.75, 3.05) is 13.2 Å². The van der Waals surface area contributed by atoms with Gasteiger partial charge in [0.25, 0.3) is 0 Å². The lowest BCUT2D eigenvalue weighted by molar-refractivity contribution is -0.0851. The molecule has 26 heavy (non-hydrogen) atoms. The zero-order chi connectivity index (χ0) is 17.6. The predicted octanol–water partition coefficient (Wildman–Crippen LogP) is 3.22. The highest BCUT2D eigenvalue weighted by molar-refractivity contribution is 9.10. The van der Waals surface area contributed by atoms with Crippen LogP contribution in [0.3, 0.4) is 0 Å². The van der Waals surface area contributed by atoms with Crippen molar-refractivity contribution in [1.82, 2.24) is 25.0 Å². The summed E-state index contributed by atoms with van der Waals surface area (Å²) in [6, 6.07) is 6.18. The maximum atomic E-state index is 5.51. The van der Waals surface area contributed by atoms with Crippen molar-refractivity contribution in [3.8, 4) is 11.3 Å². The molecule has 0 bridgehead atoms. The fourth-order valence-electron chi connectivity index (χ4n) is 3.34. The quantitative estimate of drug-likeness (QED) is 0.644. The second-order valence-corrected chi connectivity index (χ2v) is 8.08. The molecule has 0 radical (unpaired) electrons. The van der Waals surface area contributed by atoms with E-state index in [-0.39, 0.29) is 5.54 Å². The van der Waals surface area contributed by atoms with Gasteiger partial charge in [-0.25, -0.2) is 4.68 Å². The lowest BCUT2D eigenvalue weighted by Gasteiger charge is -2.40. The first-order valence-corrected chi connectivity index (χ1v) is 9.59. The Morgan fingerprint density at radius 3 is 2.77 bits per heavy atom. The van der Waals surface area contributed by atoms with Crippen molar-refractivity contribution in [3.05, 3.63) is 58.7 Å². The van der Waals surface area contributed by atoms with E-state index in [0.717, 1.165) is 33.8 Å². The van der Waals surface area contributed by atoms with Gasteiger partial charge in [0.2, 0.25) is 0 Å². The lowest BCUT2D eigenvalue weighted by Crippen LogP contribution is -2.53. The largest absolute Gasteiger partial charge is 0.375 e. The number of hydrogen-bond acceptors (Lipinski definition) is 5. The summed E-state index contributed by atoms with van der Waals surface area (Å²) in [5, 5.41) is 8.79. The summed E-state index contributed by atoms with van der Waals surface area (Å²) in [4.78, 5) is 8.95. The fourth-order valence-corrected chi connectivity index (χ4v) is 3.58. The molecule has 6 nitrogen and oxygen atoms in total. The topological polar surface area (TPSA) is 65.7 Å². The van der Waals surface area contributed by atoms with E-state index in [1.54, 1.807) is 6.20 Å². The van der Waals surface area contributed by atoms with Crippen molar-refractivity contribution in [1.29, 1.82) is 0 Å². The number of halogens is 1. The third kappa shape index (κ3) is 2.85. The molecule has 0 spiro atoms. The SMILES string of the molecule is Brc1ccc(C2(n3cc(-c4cncc(CC5CC5)c4)nn3)COC2)nc1. The molecule has 4 heterocycles. The molecule has 0 amide bonds. The van der Waals surface area contributed by atoms with Crippen LogP contribution in [0.1, 0.15) is 24.1 Å². The van der Waals surface area contributed by atoms with Crippen LogP contribution in [0.4, 0.5) is 0 Å². The van der Waals surface area contributed by atoms with Gasteiger partial charge < -0.3 is 4.74 Å². The smallest absolute Gasteiger partial charge is 0.152 e. The molecule has 2 fully saturated rings. The Balaban J connectivity index is 1.46. The highest BCUT2D eigenvalue weighted by atomic mass is 79.9. The standard InChI is InChI=1S/C19H18BrN5O/c20-16-3-4-18(22-9-16)19(11-26-12-19)25-10-17(23-24-25)15-6-14(7-21-8-15)5-13-1-2-13/h3-4,6-10,13H,1-2,5,11-12H2. The normalized spacial score (nSPS) is 18.5. The number of ether oxygens (including phenoxy) is 1. The molecule has 0 unspecified atom stereocenters. The van der Waals surface area contributed by atoms with Gasteiger partial charge in [0.05, 0.1) is 25.1 Å². The van der Waals surface area contributed by atoms with Crippen LogP contribution in [0.2, 0.25) is 0 Å². The summed E-state index contributed by atoms with van der Waals surface area (Å²) in [6.07, 6.45) is 11.4. The summed E-state index contributed by atoms with van der Waals surface area (Å²) in [7, 11) is 0. The summed E-state index contributed by atoms with van der Waals surface area (Å²) in [5.41, 5.74) is 3.66. The Hall–Kier alpha value is -2.12. The summed E-state index contributed by atoms with van der Waals surface area (Å²) in [6.45, 7) is 1.09. The fraction of sp³-hybridized carbons (Fsp3) is 0.368. The van der Waals surface area contributed by atoms with E-state index in [1.165, 1.54) is 18.4 Å². The number of pyridine rings is 2. The van der Waals surface area contributed by atoms with E-state index in [0.29, 0.717) is 13.2 Å². The van der Waals surface area contributed by atoms with Crippen LogP contribution in [-0.2, 0) is 16.7 Å². The summed E-state index contributed by atoms with van der Waals surface area (Å²) >= 11 is 3.44. The Morgan fingerprint density at radius 2 is 2.08 bits per heavy atom. The van der Waals surface area contributed by atoms with Gasteiger partial charge in [0.1, 0.15) is 5.69 Å². The van der Waals surface area contributed by atoms with Gasteiger partial charge in [-0.2, -0.15) is 0 Å². The molecule has 1 saturated carbocycles. The summed E-state index contributed by atoms with van der Waals surface area (Å²) < 4.78 is 8.35. The number of hydrogen-bond donors (Lipinski definition) is 0. The Labute approximate surface area is 159 Å². The van der Waals surface area contributed by atoms with Crippen molar-refractivity contribution < 1.29 is 4.74 Å². The van der Waals surface area contributed by atoms with Crippen LogP contribution in [0.5, 0.6) is 0 Å². The Kier molecular flexibility index (Phi) is 3.86. The van der Waals surface area contributed by atoms with Crippen LogP contribution >= 0.6 is 15.9 Å². The van der Waals surface area contributed by atoms with Crippen molar-refractivity contribution in [3.63, 3.8) is 0 Å². The second-order valence-electron chi connectivity index (χ2n) is 7.16. The molecule has 0 atom stereocenters. The van der Waals surface area contributed by atoms with E-state index in [9.17, 15) is 0 Å². The molecule has 2 aliphatic rings. The molecule has 1 aliphatic carbocycles. The Morgan fingerprint density at radius 1 is 1.19 bits per heavy atom. The second kappa shape index (κ2) is 6.25. The van der Waals surface area contributed by atoms with Gasteiger partial charge >= 0.3 is 0 Å². The minimum atomic E-state index is -0.384. The van der Waals surface area contributed by atoms with E-state index in [2.05, 4.69) is 42.3 Å². The summed E-state index contributed by atoms with van der Waals surface area (Å²) in [5.74, 6) is 0.835. The minimum absolute atomic E-state index is 0.384. The van der Waals surface area contributed by atoms with E-state index >= 15 is 0 Å². The maximum Gasteiger partial charge on any atom is 0.152 e. The van der Waals surface area contributed by atoms with Crippen molar-refractivity contribution in [2.24, 2.45) is 5.92 Å². The minimum Gasteiger partial charge on any atom is -0.375 e. The van der Waals surface area contributed by atoms with Gasteiger partial charge in [-0.05, 0) is 64.9 Å². The van der Waals surface area contributed by atoms with Crippen LogP contribution in [0.25, 0.3) is 11.3 Å². The van der Waals surface area contributed by atoms with Crippen LogP contribution < -0.4 is 0 Å². The van der Waals surface area contributed by atoms with Gasteiger partial charge in [-0.15, -0.1) is 5.10 Å². The van der Waals surface area contributed by atoms with Gasteiger partial charge in [0.15, 0.2) is 5.54 Å². The van der Waals surface area contributed by atoms with E-state index in [4.69, 9.17) is 4.74 Å². The molecular weight excluding hydrogens is 394 g/mol. The molecule has 1 aliphatic heterocycles. The van der Waals surface area contributed by atoms with Gasteiger partial charge in [-0.3, -0.25) is 9.97 Å². The lowest BCUT2D eigenvalue weighted by atomic mass is 9.92. The van der Waals surface area contributed by atoms with E-state index < -0.39 is 0 Å².